The second-order valence-corrected chi connectivity index (χ2v) is 7.82. The first-order chi connectivity index (χ1) is 11.9. The number of carbonyl (C=O) groups is 2. The van der Waals surface area contributed by atoms with Crippen LogP contribution in [0.3, 0.4) is 0 Å². The highest BCUT2D eigenvalue weighted by Gasteiger charge is 2.40. The number of piperidine rings is 1. The Morgan fingerprint density at radius 2 is 1.88 bits per heavy atom. The van der Waals surface area contributed by atoms with E-state index in [1.807, 2.05) is 40.1 Å². The van der Waals surface area contributed by atoms with E-state index in [0.717, 1.165) is 12.1 Å². The van der Waals surface area contributed by atoms with Gasteiger partial charge in [-0.1, -0.05) is 44.2 Å². The summed E-state index contributed by atoms with van der Waals surface area (Å²) in [7, 11) is 0. The fourth-order valence-corrected chi connectivity index (χ4v) is 3.95. The summed E-state index contributed by atoms with van der Waals surface area (Å²) in [4.78, 5) is 28.5. The zero-order chi connectivity index (χ0) is 18.0. The normalized spacial score (nSPS) is 23.4. The molecule has 2 heterocycles. The Bertz CT molecular complexity index is 621. The molecule has 3 rings (SSSR count). The van der Waals surface area contributed by atoms with Crippen LogP contribution < -0.4 is 0 Å². The topological polar surface area (TPSA) is 60.9 Å². The first-order valence-corrected chi connectivity index (χ1v) is 9.23. The number of hydrogen-bond acceptors (Lipinski definition) is 3. The Labute approximate surface area is 149 Å². The monoisotopic (exact) mass is 344 g/mol. The van der Waals surface area contributed by atoms with Gasteiger partial charge in [-0.3, -0.25) is 9.59 Å². The van der Waals surface area contributed by atoms with E-state index in [-0.39, 0.29) is 17.7 Å². The van der Waals surface area contributed by atoms with Crippen LogP contribution in [-0.4, -0.2) is 52.9 Å². The number of hydrogen-bond donors (Lipinski definition) is 1. The maximum atomic E-state index is 12.8. The first kappa shape index (κ1) is 17.9. The van der Waals surface area contributed by atoms with Gasteiger partial charge in [0.05, 0.1) is 11.5 Å². The zero-order valence-corrected chi connectivity index (χ0v) is 15.1. The number of carbonyl (C=O) groups excluding carboxylic acids is 2. The van der Waals surface area contributed by atoms with Gasteiger partial charge in [0, 0.05) is 32.6 Å². The standard InChI is InChI=1S/C20H28N2O3/c1-15(2)13-22-14-16(12-18(22)23)19(24)21-10-8-20(25,9-11-21)17-6-4-3-5-7-17/h3-7,15-16,25H,8-14H2,1-2H3/t16-/m0/s1. The highest BCUT2D eigenvalue weighted by molar-refractivity contribution is 5.89. The van der Waals surface area contributed by atoms with Gasteiger partial charge in [0.15, 0.2) is 0 Å². The largest absolute Gasteiger partial charge is 0.385 e. The highest BCUT2D eigenvalue weighted by atomic mass is 16.3. The molecule has 0 aliphatic carbocycles. The van der Waals surface area contributed by atoms with E-state index >= 15 is 0 Å². The molecule has 0 bridgehead atoms. The second-order valence-electron chi connectivity index (χ2n) is 7.82. The minimum Gasteiger partial charge on any atom is -0.385 e. The summed E-state index contributed by atoms with van der Waals surface area (Å²) in [5, 5.41) is 10.9. The van der Waals surface area contributed by atoms with Crippen molar-refractivity contribution in [3.8, 4) is 0 Å². The minimum atomic E-state index is -0.854. The lowest BCUT2D eigenvalue weighted by Crippen LogP contribution is -2.47. The molecule has 1 N–H and O–H groups in total. The van der Waals surface area contributed by atoms with Crippen molar-refractivity contribution < 1.29 is 14.7 Å². The molecular weight excluding hydrogens is 316 g/mol. The van der Waals surface area contributed by atoms with E-state index in [1.54, 1.807) is 0 Å². The minimum absolute atomic E-state index is 0.0646. The molecule has 1 aromatic rings. The van der Waals surface area contributed by atoms with E-state index < -0.39 is 5.60 Å². The van der Waals surface area contributed by atoms with Crippen LogP contribution in [0.25, 0.3) is 0 Å². The molecule has 0 spiro atoms. The van der Waals surface area contributed by atoms with Crippen LogP contribution in [0.1, 0.15) is 38.7 Å². The van der Waals surface area contributed by atoms with Gasteiger partial charge in [-0.25, -0.2) is 0 Å². The Hall–Kier alpha value is -1.88. The fraction of sp³-hybridized carbons (Fsp3) is 0.600. The predicted octanol–water partition coefficient (Wildman–Crippen LogP) is 2.00. The Morgan fingerprint density at radius 1 is 1.24 bits per heavy atom. The number of amides is 2. The molecular formula is C20H28N2O3. The quantitative estimate of drug-likeness (QED) is 0.909. The van der Waals surface area contributed by atoms with Gasteiger partial charge < -0.3 is 14.9 Å². The third-order valence-corrected chi connectivity index (χ3v) is 5.36. The van der Waals surface area contributed by atoms with Crippen molar-refractivity contribution in [2.24, 2.45) is 11.8 Å². The third kappa shape index (κ3) is 3.87. The lowest BCUT2D eigenvalue weighted by atomic mass is 9.84. The average Bonchev–Trinajstić information content (AvgIpc) is 2.96. The maximum absolute atomic E-state index is 12.8. The lowest BCUT2D eigenvalue weighted by Gasteiger charge is -2.39. The molecule has 2 amide bonds. The molecule has 1 aromatic carbocycles. The number of nitrogens with zero attached hydrogens (tertiary/aromatic N) is 2. The second kappa shape index (κ2) is 7.16. The van der Waals surface area contributed by atoms with E-state index in [1.165, 1.54) is 0 Å². The van der Waals surface area contributed by atoms with Crippen LogP contribution >= 0.6 is 0 Å². The van der Waals surface area contributed by atoms with Crippen molar-refractivity contribution in [3.05, 3.63) is 35.9 Å². The Kier molecular flexibility index (Phi) is 5.13. The van der Waals surface area contributed by atoms with Crippen molar-refractivity contribution in [3.63, 3.8) is 0 Å². The van der Waals surface area contributed by atoms with Gasteiger partial charge in [0.25, 0.3) is 0 Å². The third-order valence-electron chi connectivity index (χ3n) is 5.36. The Balaban J connectivity index is 1.58. The molecule has 2 aliphatic heterocycles. The molecule has 136 valence electrons. The van der Waals surface area contributed by atoms with Crippen LogP contribution in [0.2, 0.25) is 0 Å². The van der Waals surface area contributed by atoms with E-state index in [0.29, 0.717) is 44.8 Å². The average molecular weight is 344 g/mol. The summed E-state index contributed by atoms with van der Waals surface area (Å²) in [5.41, 5.74) is 0.0639. The molecule has 2 fully saturated rings. The van der Waals surface area contributed by atoms with Gasteiger partial charge in [-0.15, -0.1) is 0 Å². The smallest absolute Gasteiger partial charge is 0.227 e. The molecule has 5 nitrogen and oxygen atoms in total. The summed E-state index contributed by atoms with van der Waals surface area (Å²) < 4.78 is 0. The van der Waals surface area contributed by atoms with Gasteiger partial charge >= 0.3 is 0 Å². The molecule has 0 unspecified atom stereocenters. The predicted molar refractivity (Wildman–Crippen MR) is 95.7 cm³/mol. The van der Waals surface area contributed by atoms with E-state index in [4.69, 9.17) is 0 Å². The van der Waals surface area contributed by atoms with Crippen LogP contribution in [0, 0.1) is 11.8 Å². The molecule has 0 radical (unpaired) electrons. The van der Waals surface area contributed by atoms with Crippen molar-refractivity contribution in [2.75, 3.05) is 26.2 Å². The Morgan fingerprint density at radius 3 is 2.48 bits per heavy atom. The summed E-state index contributed by atoms with van der Waals surface area (Å²) in [5.74, 6) is 0.336. The van der Waals surface area contributed by atoms with Crippen LogP contribution in [-0.2, 0) is 15.2 Å². The maximum Gasteiger partial charge on any atom is 0.227 e. The summed E-state index contributed by atoms with van der Waals surface area (Å²) >= 11 is 0. The molecule has 0 saturated carbocycles. The number of likely N-dealkylation sites (tertiary alicyclic amines) is 2. The number of benzene rings is 1. The summed E-state index contributed by atoms with van der Waals surface area (Å²) in [6.45, 7) is 6.50. The van der Waals surface area contributed by atoms with Crippen LogP contribution in [0.15, 0.2) is 30.3 Å². The highest BCUT2D eigenvalue weighted by Crippen LogP contribution is 2.33. The summed E-state index contributed by atoms with van der Waals surface area (Å²) in [6.07, 6.45) is 1.41. The van der Waals surface area contributed by atoms with Gasteiger partial charge in [-0.2, -0.15) is 0 Å². The first-order valence-electron chi connectivity index (χ1n) is 9.23. The van der Waals surface area contributed by atoms with Crippen molar-refractivity contribution >= 4 is 11.8 Å². The van der Waals surface area contributed by atoms with Crippen LogP contribution in [0.4, 0.5) is 0 Å². The molecule has 0 aromatic heterocycles. The molecule has 2 saturated heterocycles. The van der Waals surface area contributed by atoms with Crippen molar-refractivity contribution in [1.82, 2.24) is 9.80 Å². The lowest BCUT2D eigenvalue weighted by molar-refractivity contribution is -0.140. The van der Waals surface area contributed by atoms with Gasteiger partial charge in [-0.05, 0) is 24.3 Å². The van der Waals surface area contributed by atoms with Crippen LogP contribution in [0.5, 0.6) is 0 Å². The molecule has 25 heavy (non-hydrogen) atoms. The number of rotatable bonds is 4. The van der Waals surface area contributed by atoms with Gasteiger partial charge in [0.2, 0.25) is 11.8 Å². The fourth-order valence-electron chi connectivity index (χ4n) is 3.95. The van der Waals surface area contributed by atoms with E-state index in [9.17, 15) is 14.7 Å². The summed E-state index contributed by atoms with van der Waals surface area (Å²) in [6, 6.07) is 9.68. The van der Waals surface area contributed by atoms with Gasteiger partial charge in [0.1, 0.15) is 0 Å². The number of aliphatic hydroxyl groups is 1. The van der Waals surface area contributed by atoms with Crippen molar-refractivity contribution in [1.29, 1.82) is 0 Å². The molecule has 1 atom stereocenters. The zero-order valence-electron chi connectivity index (χ0n) is 15.1. The molecule has 5 heteroatoms. The van der Waals surface area contributed by atoms with E-state index in [2.05, 4.69) is 13.8 Å². The molecule has 2 aliphatic rings. The SMILES string of the molecule is CC(C)CN1C[C@@H](C(=O)N2CCC(O)(c3ccccc3)CC2)CC1=O. The van der Waals surface area contributed by atoms with Crippen molar-refractivity contribution in [2.45, 2.75) is 38.7 Å².